The SMILES string of the molecule is C=C(Cl)C(Cl)C(Cl)(Cl)Cl. The molecule has 0 aliphatic carbocycles. The first-order valence-corrected chi connectivity index (χ1v) is 3.85. The molecular weight excluding hydrogens is 225 g/mol. The molecule has 0 aromatic rings. The molecule has 0 bridgehead atoms. The first kappa shape index (κ1) is 10.2. The van der Waals surface area contributed by atoms with Gasteiger partial charge in [-0.2, -0.15) is 0 Å². The summed E-state index contributed by atoms with van der Waals surface area (Å²) in [5.74, 6) is 0. The van der Waals surface area contributed by atoms with Crippen molar-refractivity contribution in [3.63, 3.8) is 0 Å². The summed E-state index contributed by atoms with van der Waals surface area (Å²) in [7, 11) is 0. The Bertz CT molecular complexity index is 113. The van der Waals surface area contributed by atoms with Crippen LogP contribution in [0.15, 0.2) is 11.6 Å². The third kappa shape index (κ3) is 3.79. The molecule has 0 N–H and O–H groups in total. The van der Waals surface area contributed by atoms with Crippen LogP contribution in [0.4, 0.5) is 0 Å². The highest BCUT2D eigenvalue weighted by molar-refractivity contribution is 6.71. The molecule has 0 saturated carbocycles. The van der Waals surface area contributed by atoms with Crippen molar-refractivity contribution in [1.29, 1.82) is 0 Å². The van der Waals surface area contributed by atoms with Gasteiger partial charge in [-0.15, -0.1) is 11.6 Å². The number of alkyl halides is 4. The number of hydrogen-bond donors (Lipinski definition) is 0. The van der Waals surface area contributed by atoms with E-state index in [-0.39, 0.29) is 5.03 Å². The maximum absolute atomic E-state index is 5.46. The summed E-state index contributed by atoms with van der Waals surface area (Å²) in [4.78, 5) is 0. The van der Waals surface area contributed by atoms with Gasteiger partial charge in [0.25, 0.3) is 0 Å². The second-order valence-corrected chi connectivity index (χ2v) is 4.64. The van der Waals surface area contributed by atoms with Crippen molar-refractivity contribution >= 4 is 58.0 Å². The fourth-order valence-electron chi connectivity index (χ4n) is 0.178. The molecule has 0 spiro atoms. The zero-order valence-electron chi connectivity index (χ0n) is 4.17. The quantitative estimate of drug-likeness (QED) is 0.600. The van der Waals surface area contributed by atoms with Crippen LogP contribution in [-0.2, 0) is 0 Å². The first-order valence-electron chi connectivity index (χ1n) is 1.91. The molecule has 0 aromatic heterocycles. The Kier molecular flexibility index (Phi) is 4.01. The van der Waals surface area contributed by atoms with Crippen LogP contribution in [0, 0.1) is 0 Å². The Morgan fingerprint density at radius 3 is 1.67 bits per heavy atom. The summed E-state index contributed by atoms with van der Waals surface area (Å²) in [5, 5.41) is -0.721. The van der Waals surface area contributed by atoms with Crippen LogP contribution in [0.1, 0.15) is 0 Å². The standard InChI is InChI=1S/C4H3Cl5/c1-2(5)3(6)4(7,8)9/h3H,1H2. The maximum Gasteiger partial charge on any atom is 0.211 e. The molecule has 1 unspecified atom stereocenters. The summed E-state index contributed by atoms with van der Waals surface area (Å²) < 4.78 is -1.57. The summed E-state index contributed by atoms with van der Waals surface area (Å²) in [6.07, 6.45) is 0. The lowest BCUT2D eigenvalue weighted by atomic mass is 10.4. The van der Waals surface area contributed by atoms with E-state index in [9.17, 15) is 0 Å². The minimum atomic E-state index is -1.57. The molecule has 9 heavy (non-hydrogen) atoms. The third-order valence-electron chi connectivity index (χ3n) is 0.562. The molecule has 0 aliphatic heterocycles. The Hall–Kier alpha value is 1.19. The number of rotatable bonds is 1. The van der Waals surface area contributed by atoms with Crippen molar-refractivity contribution < 1.29 is 0 Å². The van der Waals surface area contributed by atoms with Gasteiger partial charge in [-0.3, -0.25) is 0 Å². The van der Waals surface area contributed by atoms with E-state index in [1.807, 2.05) is 0 Å². The highest BCUT2D eigenvalue weighted by atomic mass is 35.6. The van der Waals surface area contributed by atoms with Gasteiger partial charge >= 0.3 is 0 Å². The van der Waals surface area contributed by atoms with Gasteiger partial charge in [0.15, 0.2) is 0 Å². The van der Waals surface area contributed by atoms with Gasteiger partial charge in [-0.25, -0.2) is 0 Å². The summed E-state index contributed by atoms with van der Waals surface area (Å²) >= 11 is 26.8. The predicted octanol–water partition coefficient (Wildman–Crippen LogP) is 3.72. The van der Waals surface area contributed by atoms with Gasteiger partial charge in [0.05, 0.1) is 0 Å². The van der Waals surface area contributed by atoms with E-state index in [0.717, 1.165) is 0 Å². The van der Waals surface area contributed by atoms with Crippen LogP contribution < -0.4 is 0 Å². The van der Waals surface area contributed by atoms with Crippen molar-refractivity contribution in [1.82, 2.24) is 0 Å². The summed E-state index contributed by atoms with van der Waals surface area (Å²) in [6, 6.07) is 0. The van der Waals surface area contributed by atoms with E-state index in [1.54, 1.807) is 0 Å². The van der Waals surface area contributed by atoms with E-state index >= 15 is 0 Å². The lowest BCUT2D eigenvalue weighted by Gasteiger charge is -2.15. The van der Waals surface area contributed by atoms with Crippen molar-refractivity contribution in [2.45, 2.75) is 9.17 Å². The third-order valence-corrected chi connectivity index (χ3v) is 2.47. The molecule has 0 aliphatic rings. The number of hydrogen-bond acceptors (Lipinski definition) is 0. The fourth-order valence-corrected chi connectivity index (χ4v) is 0.904. The molecule has 0 nitrogen and oxygen atoms in total. The molecule has 0 saturated heterocycles. The Morgan fingerprint density at radius 1 is 1.33 bits per heavy atom. The average molecular weight is 228 g/mol. The molecule has 1 atom stereocenters. The van der Waals surface area contributed by atoms with Gasteiger partial charge in [0.1, 0.15) is 5.38 Å². The van der Waals surface area contributed by atoms with E-state index in [2.05, 4.69) is 6.58 Å². The van der Waals surface area contributed by atoms with E-state index in [4.69, 9.17) is 58.0 Å². The van der Waals surface area contributed by atoms with Gasteiger partial charge in [-0.1, -0.05) is 53.0 Å². The largest absolute Gasteiger partial charge is 0.211 e. The smallest absolute Gasteiger partial charge is 0.112 e. The molecule has 0 amide bonds. The monoisotopic (exact) mass is 226 g/mol. The van der Waals surface area contributed by atoms with E-state index < -0.39 is 9.17 Å². The summed E-state index contributed by atoms with van der Waals surface area (Å²) in [5.41, 5.74) is 0. The molecule has 5 heteroatoms. The van der Waals surface area contributed by atoms with Crippen molar-refractivity contribution in [3.8, 4) is 0 Å². The molecule has 0 aromatic carbocycles. The van der Waals surface area contributed by atoms with Crippen molar-refractivity contribution in [3.05, 3.63) is 11.6 Å². The zero-order valence-corrected chi connectivity index (χ0v) is 7.95. The fraction of sp³-hybridized carbons (Fsp3) is 0.500. The zero-order chi connectivity index (χ0) is 7.65. The highest BCUT2D eigenvalue weighted by Gasteiger charge is 2.32. The lowest BCUT2D eigenvalue weighted by Crippen LogP contribution is -2.18. The number of halogens is 5. The van der Waals surface area contributed by atoms with Crippen molar-refractivity contribution in [2.24, 2.45) is 0 Å². The second kappa shape index (κ2) is 3.54. The van der Waals surface area contributed by atoms with Crippen LogP contribution >= 0.6 is 58.0 Å². The van der Waals surface area contributed by atoms with Crippen molar-refractivity contribution in [2.75, 3.05) is 0 Å². The second-order valence-electron chi connectivity index (χ2n) is 1.35. The average Bonchev–Trinajstić information content (AvgIpc) is 1.62. The lowest BCUT2D eigenvalue weighted by molar-refractivity contribution is 1.07. The molecule has 0 radical (unpaired) electrons. The first-order chi connectivity index (χ1) is 3.85. The van der Waals surface area contributed by atoms with Crippen LogP contribution in [0.2, 0.25) is 0 Å². The van der Waals surface area contributed by atoms with Crippen LogP contribution in [-0.4, -0.2) is 9.17 Å². The predicted molar refractivity (Wildman–Crippen MR) is 44.9 cm³/mol. The van der Waals surface area contributed by atoms with Crippen LogP contribution in [0.5, 0.6) is 0 Å². The molecule has 0 heterocycles. The minimum Gasteiger partial charge on any atom is -0.112 e. The molecule has 0 fully saturated rings. The Labute approximate surface area is 78.7 Å². The molecule has 0 rings (SSSR count). The van der Waals surface area contributed by atoms with Gasteiger partial charge in [-0.05, 0) is 0 Å². The Balaban J connectivity index is 4.04. The van der Waals surface area contributed by atoms with E-state index in [1.165, 1.54) is 0 Å². The maximum atomic E-state index is 5.46. The van der Waals surface area contributed by atoms with Gasteiger partial charge in [0.2, 0.25) is 3.79 Å². The van der Waals surface area contributed by atoms with E-state index in [0.29, 0.717) is 0 Å². The normalized spacial score (nSPS) is 15.2. The van der Waals surface area contributed by atoms with Gasteiger partial charge in [0, 0.05) is 5.03 Å². The Morgan fingerprint density at radius 2 is 1.67 bits per heavy atom. The van der Waals surface area contributed by atoms with Crippen LogP contribution in [0.25, 0.3) is 0 Å². The number of allylic oxidation sites excluding steroid dienone is 1. The van der Waals surface area contributed by atoms with Gasteiger partial charge < -0.3 is 0 Å². The topological polar surface area (TPSA) is 0 Å². The minimum absolute atomic E-state index is 0.122. The highest BCUT2D eigenvalue weighted by Crippen LogP contribution is 2.38. The van der Waals surface area contributed by atoms with Crippen LogP contribution in [0.3, 0.4) is 0 Å². The molecule has 54 valence electrons. The molecular formula is C4H3Cl5. The summed E-state index contributed by atoms with van der Waals surface area (Å²) in [6.45, 7) is 3.30.